The smallest absolute Gasteiger partial charge is 0.279 e. The Morgan fingerprint density at radius 1 is 1.13 bits per heavy atom. The third-order valence-electron chi connectivity index (χ3n) is 5.99. The van der Waals surface area contributed by atoms with Gasteiger partial charge < -0.3 is 25.0 Å². The second-order valence-corrected chi connectivity index (χ2v) is 9.64. The molecule has 0 fully saturated rings. The van der Waals surface area contributed by atoms with Gasteiger partial charge in [-0.2, -0.15) is 5.10 Å². The van der Waals surface area contributed by atoms with Crippen LogP contribution < -0.4 is 14.8 Å². The molecule has 4 rings (SSSR count). The number of phenolic OH excluding ortho intramolecular Hbond substituents is 1. The maximum Gasteiger partial charge on any atom is 0.279 e. The van der Waals surface area contributed by atoms with Crippen LogP contribution in [0.3, 0.4) is 0 Å². The molecule has 3 aromatic carbocycles. The Morgan fingerprint density at radius 3 is 2.54 bits per heavy atom. The van der Waals surface area contributed by atoms with Gasteiger partial charge in [0.15, 0.2) is 18.1 Å². The maximum atomic E-state index is 13.6. The number of thioether (sulfide) groups is 1. The summed E-state index contributed by atoms with van der Waals surface area (Å²) in [6.07, 6.45) is 0.567. The van der Waals surface area contributed by atoms with Crippen LogP contribution in [0.15, 0.2) is 71.8 Å². The summed E-state index contributed by atoms with van der Waals surface area (Å²) in [5.74, 6) is -0.988. The third-order valence-corrected chi connectivity index (χ3v) is 7.21. The number of aliphatic hydroxyl groups excluding tert-OH is 1. The monoisotopic (exact) mass is 553 g/mol. The van der Waals surface area contributed by atoms with E-state index in [1.54, 1.807) is 42.5 Å². The van der Waals surface area contributed by atoms with E-state index in [4.69, 9.17) is 9.47 Å². The number of carbonyl (C=O) groups excluding carboxylic acids is 2. The molecule has 0 bridgehead atoms. The van der Waals surface area contributed by atoms with Gasteiger partial charge >= 0.3 is 0 Å². The zero-order valence-electron chi connectivity index (χ0n) is 21.3. The van der Waals surface area contributed by atoms with Gasteiger partial charge in [0.05, 0.1) is 25.3 Å². The van der Waals surface area contributed by atoms with Crippen molar-refractivity contribution in [2.24, 2.45) is 5.10 Å². The first-order chi connectivity index (χ1) is 18.9. The third kappa shape index (κ3) is 6.32. The molecule has 2 unspecified atom stereocenters. The number of amides is 2. The molecule has 0 saturated carbocycles. The summed E-state index contributed by atoms with van der Waals surface area (Å²) in [5, 5.41) is 27.9. The first-order valence-corrected chi connectivity index (χ1v) is 13.1. The minimum atomic E-state index is -0.733. The van der Waals surface area contributed by atoms with Gasteiger partial charge in [-0.15, -0.1) is 0 Å². The van der Waals surface area contributed by atoms with Gasteiger partial charge in [0.1, 0.15) is 22.0 Å². The van der Waals surface area contributed by atoms with Crippen molar-refractivity contribution < 1.29 is 33.7 Å². The van der Waals surface area contributed by atoms with E-state index in [2.05, 4.69) is 10.4 Å². The first-order valence-electron chi connectivity index (χ1n) is 12.2. The second-order valence-electron chi connectivity index (χ2n) is 8.57. The summed E-state index contributed by atoms with van der Waals surface area (Å²) >= 11 is 1.25. The van der Waals surface area contributed by atoms with Crippen LogP contribution >= 0.6 is 11.8 Å². The Bertz CT molecular complexity index is 1360. The highest BCUT2D eigenvalue weighted by atomic mass is 32.2. The van der Waals surface area contributed by atoms with Crippen molar-refractivity contribution in [3.63, 3.8) is 0 Å². The van der Waals surface area contributed by atoms with Crippen LogP contribution in [0.4, 0.5) is 4.39 Å². The van der Waals surface area contributed by atoms with Gasteiger partial charge in [-0.25, -0.2) is 9.40 Å². The molecule has 0 saturated heterocycles. The number of nitrogens with zero attached hydrogens (tertiary/aromatic N) is 2. The summed E-state index contributed by atoms with van der Waals surface area (Å²) in [4.78, 5) is 25.9. The quantitative estimate of drug-likeness (QED) is 0.346. The molecule has 1 heterocycles. The topological polar surface area (TPSA) is 121 Å². The molecule has 204 valence electrons. The average molecular weight is 554 g/mol. The zero-order chi connectivity index (χ0) is 27.9. The first kappa shape index (κ1) is 27.9. The van der Waals surface area contributed by atoms with Crippen molar-refractivity contribution in [2.45, 2.75) is 24.8 Å². The Balaban J connectivity index is 1.67. The summed E-state index contributed by atoms with van der Waals surface area (Å²) in [6.45, 7) is 1.35. The van der Waals surface area contributed by atoms with E-state index >= 15 is 0 Å². The number of aromatic hydroxyl groups is 1. The molecule has 0 aromatic heterocycles. The van der Waals surface area contributed by atoms with Crippen molar-refractivity contribution in [2.75, 3.05) is 20.3 Å². The summed E-state index contributed by atoms with van der Waals surface area (Å²) in [5.41, 5.74) is 1.20. The number of methoxy groups -OCH3 is 1. The van der Waals surface area contributed by atoms with Crippen LogP contribution in [0.2, 0.25) is 0 Å². The van der Waals surface area contributed by atoms with E-state index in [1.807, 2.05) is 6.92 Å². The molecule has 3 N–H and O–H groups in total. The van der Waals surface area contributed by atoms with Crippen molar-refractivity contribution in [3.05, 3.63) is 89.2 Å². The van der Waals surface area contributed by atoms with Crippen molar-refractivity contribution in [3.8, 4) is 17.2 Å². The molecule has 0 radical (unpaired) electrons. The number of rotatable bonds is 10. The molecule has 11 heteroatoms. The van der Waals surface area contributed by atoms with Crippen LogP contribution in [0.25, 0.3) is 0 Å². The fourth-order valence-electron chi connectivity index (χ4n) is 3.92. The highest BCUT2D eigenvalue weighted by Crippen LogP contribution is 2.47. The van der Waals surface area contributed by atoms with Gasteiger partial charge in [-0.05, 0) is 48.9 Å². The highest BCUT2D eigenvalue weighted by molar-refractivity contribution is 8.14. The molecule has 0 aliphatic carbocycles. The van der Waals surface area contributed by atoms with Crippen LogP contribution in [-0.4, -0.2) is 58.4 Å². The Morgan fingerprint density at radius 2 is 1.87 bits per heavy atom. The van der Waals surface area contributed by atoms with Crippen molar-refractivity contribution in [1.82, 2.24) is 10.3 Å². The van der Waals surface area contributed by atoms with E-state index in [0.717, 1.165) is 0 Å². The van der Waals surface area contributed by atoms with E-state index < -0.39 is 23.0 Å². The van der Waals surface area contributed by atoms with Gasteiger partial charge in [0.2, 0.25) is 0 Å². The second kappa shape index (κ2) is 12.6. The number of nitrogens with one attached hydrogen (secondary N) is 1. The molecule has 3 aromatic rings. The number of aliphatic hydroxyl groups is 1. The Hall–Kier alpha value is -4.09. The number of halogens is 1. The number of carbonyl (C=O) groups is 2. The number of para-hydroxylation sites is 2. The van der Waals surface area contributed by atoms with Crippen LogP contribution in [0.1, 0.15) is 40.2 Å². The molecule has 2 atom stereocenters. The highest BCUT2D eigenvalue weighted by Gasteiger charge is 2.37. The standard InChI is InChI=1S/C28H28FN3O6S/c1-3-19(15-33)30-24(35)16-38-23-10-6-8-21(25(23)37-2)28-32(27(36)20-7-4-5-9-22(20)34)31-26(39-28)17-11-13-18(29)14-12-17/h4-14,19,28,33-34H,3,15-16H2,1-2H3,(H,30,35). The lowest BCUT2D eigenvalue weighted by atomic mass is 10.1. The molecule has 39 heavy (non-hydrogen) atoms. The number of benzene rings is 3. The molecular formula is C28H28FN3O6S. The predicted octanol–water partition coefficient (Wildman–Crippen LogP) is 4.06. The van der Waals surface area contributed by atoms with E-state index in [9.17, 15) is 24.2 Å². The summed E-state index contributed by atoms with van der Waals surface area (Å²) < 4.78 is 25.0. The number of phenols is 1. The summed E-state index contributed by atoms with van der Waals surface area (Å²) in [7, 11) is 1.45. The van der Waals surface area contributed by atoms with Gasteiger partial charge in [0, 0.05) is 11.1 Å². The SMILES string of the molecule is CCC(CO)NC(=O)COc1cccc(C2SC(c3ccc(F)cc3)=NN2C(=O)c2ccccc2O)c1OC. The molecule has 0 spiro atoms. The van der Waals surface area contributed by atoms with Crippen LogP contribution in [0, 0.1) is 5.82 Å². The average Bonchev–Trinajstić information content (AvgIpc) is 3.40. The predicted molar refractivity (Wildman–Crippen MR) is 145 cm³/mol. The van der Waals surface area contributed by atoms with Crippen molar-refractivity contribution in [1.29, 1.82) is 0 Å². The van der Waals surface area contributed by atoms with E-state index in [1.165, 1.54) is 48.1 Å². The fourth-order valence-corrected chi connectivity index (χ4v) is 5.10. The Kier molecular flexibility index (Phi) is 9.05. The lowest BCUT2D eigenvalue weighted by Gasteiger charge is -2.24. The zero-order valence-corrected chi connectivity index (χ0v) is 22.2. The minimum Gasteiger partial charge on any atom is -0.507 e. The number of ether oxygens (including phenoxy) is 2. The van der Waals surface area contributed by atoms with Crippen LogP contribution in [0.5, 0.6) is 17.2 Å². The minimum absolute atomic E-state index is 0.0598. The Labute approximate surface area is 229 Å². The molecule has 1 aliphatic rings. The van der Waals surface area contributed by atoms with Gasteiger partial charge in [-0.1, -0.05) is 43.0 Å². The van der Waals surface area contributed by atoms with Gasteiger partial charge in [-0.3, -0.25) is 9.59 Å². The fraction of sp³-hybridized carbons (Fsp3) is 0.250. The lowest BCUT2D eigenvalue weighted by molar-refractivity contribution is -0.124. The molecule has 1 aliphatic heterocycles. The molecule has 9 nitrogen and oxygen atoms in total. The summed E-state index contributed by atoms with van der Waals surface area (Å²) in [6, 6.07) is 16.6. The molecular weight excluding hydrogens is 525 g/mol. The van der Waals surface area contributed by atoms with E-state index in [0.29, 0.717) is 28.3 Å². The largest absolute Gasteiger partial charge is 0.507 e. The normalized spacial score (nSPS) is 15.4. The van der Waals surface area contributed by atoms with Gasteiger partial charge in [0.25, 0.3) is 11.8 Å². The van der Waals surface area contributed by atoms with Crippen LogP contribution in [-0.2, 0) is 4.79 Å². The number of hydrazone groups is 1. The number of hydrogen-bond donors (Lipinski definition) is 3. The molecule has 2 amide bonds. The van der Waals surface area contributed by atoms with Crippen molar-refractivity contribution >= 4 is 28.6 Å². The van der Waals surface area contributed by atoms with E-state index in [-0.39, 0.29) is 36.3 Å². The number of hydrogen-bond acceptors (Lipinski definition) is 8. The lowest BCUT2D eigenvalue weighted by Crippen LogP contribution is -2.39. The maximum absolute atomic E-state index is 13.6.